The Hall–Kier alpha value is -0.660. The van der Waals surface area contributed by atoms with E-state index in [4.69, 9.17) is 5.11 Å². The van der Waals surface area contributed by atoms with Crippen LogP contribution in [0.4, 0.5) is 0 Å². The Kier molecular flexibility index (Phi) is 14.0. The molecule has 0 bridgehead atoms. The maximum Gasteiger partial charge on any atom is 0.101 e. The van der Waals surface area contributed by atoms with E-state index in [2.05, 4.69) is 21.1 Å². The molecule has 0 aliphatic rings. The lowest BCUT2D eigenvalue weighted by molar-refractivity contribution is -0.870. The van der Waals surface area contributed by atoms with Crippen LogP contribution < -0.4 is 10.2 Å². The van der Waals surface area contributed by atoms with Crippen molar-refractivity contribution in [2.75, 3.05) is 34.3 Å². The predicted molar refractivity (Wildman–Crippen MR) is 59.6 cm³/mol. The number of hydrogen-bond acceptors (Lipinski definition) is 5. The van der Waals surface area contributed by atoms with Gasteiger partial charge in [0, 0.05) is 11.9 Å². The van der Waals surface area contributed by atoms with Crippen LogP contribution in [0.1, 0.15) is 12.8 Å². The third-order valence-corrected chi connectivity index (χ3v) is 1.30. The number of aliphatic hydroxyl groups is 1. The molecule has 0 aromatic heterocycles. The summed E-state index contributed by atoms with van der Waals surface area (Å²) in [7, 11) is 6.16. The number of likely N-dealkylation sites (N-methyl/N-ethyl adjacent to an activating group) is 1. The fourth-order valence-corrected chi connectivity index (χ4v) is 0.504. The van der Waals surface area contributed by atoms with Gasteiger partial charge in [0.05, 0.1) is 27.7 Å². The minimum Gasteiger partial charge on any atom is -0.550 e. The van der Waals surface area contributed by atoms with Crippen molar-refractivity contribution < 1.29 is 29.4 Å². The summed E-state index contributed by atoms with van der Waals surface area (Å²) in [6.45, 7) is 1.11. The lowest BCUT2D eigenvalue weighted by Crippen LogP contribution is -2.36. The van der Waals surface area contributed by atoms with Gasteiger partial charge in [0.1, 0.15) is 6.54 Å². The Morgan fingerprint density at radius 1 is 1.06 bits per heavy atom. The highest BCUT2D eigenvalue weighted by Gasteiger charge is 2.02. The summed E-state index contributed by atoms with van der Waals surface area (Å²) in [5, 5.41) is 27.4. The van der Waals surface area contributed by atoms with Gasteiger partial charge < -0.3 is 29.4 Å². The Balaban J connectivity index is -0.000000200. The van der Waals surface area contributed by atoms with Gasteiger partial charge in [-0.1, -0.05) is 0 Å². The molecular weight excluding hydrogens is 282 g/mol. The third kappa shape index (κ3) is 29.2. The molecular formula is C9H19BrNO5-. The molecule has 0 atom stereocenters. The van der Waals surface area contributed by atoms with Crippen LogP contribution in [0.3, 0.4) is 0 Å². The topological polar surface area (TPSA) is 100 Å². The van der Waals surface area contributed by atoms with Gasteiger partial charge in [0.25, 0.3) is 0 Å². The molecule has 0 aliphatic heterocycles. The molecule has 0 fully saturated rings. The molecule has 0 spiro atoms. The smallest absolute Gasteiger partial charge is 0.101 e. The van der Waals surface area contributed by atoms with Gasteiger partial charge in [0.2, 0.25) is 0 Å². The Labute approximate surface area is 106 Å². The van der Waals surface area contributed by atoms with E-state index in [1.807, 2.05) is 0 Å². The zero-order valence-corrected chi connectivity index (χ0v) is 11.5. The van der Waals surface area contributed by atoms with Crippen molar-refractivity contribution in [2.45, 2.75) is 12.8 Å². The number of carboxylic acids is 2. The van der Waals surface area contributed by atoms with Crippen molar-refractivity contribution in [1.82, 2.24) is 0 Å². The van der Waals surface area contributed by atoms with Crippen LogP contribution in [-0.2, 0) is 9.59 Å². The van der Waals surface area contributed by atoms with Crippen LogP contribution in [0.15, 0.2) is 0 Å². The van der Waals surface area contributed by atoms with E-state index in [1.165, 1.54) is 0 Å². The normalized spacial score (nSPS) is 9.50. The average Bonchev–Trinajstić information content (AvgIpc) is 1.99. The second kappa shape index (κ2) is 10.8. The first-order valence-electron chi connectivity index (χ1n) is 4.50. The molecule has 0 aromatic rings. The lowest BCUT2D eigenvalue weighted by Gasteiger charge is -2.21. The van der Waals surface area contributed by atoms with E-state index in [-0.39, 0.29) is 23.6 Å². The zero-order valence-electron chi connectivity index (χ0n) is 9.76. The summed E-state index contributed by atoms with van der Waals surface area (Å²) in [6, 6.07) is 0. The molecule has 7 heteroatoms. The van der Waals surface area contributed by atoms with Gasteiger partial charge in [0.15, 0.2) is 0 Å². The highest BCUT2D eigenvalue weighted by molar-refractivity contribution is 8.93. The molecule has 0 heterocycles. The maximum atomic E-state index is 9.50. The van der Waals surface area contributed by atoms with E-state index in [0.717, 1.165) is 11.0 Å². The largest absolute Gasteiger partial charge is 0.550 e. The fraction of sp³-hybridized carbons (Fsp3) is 0.778. The number of halogens is 1. The zero-order chi connectivity index (χ0) is 12.5. The molecule has 0 aromatic carbocycles. The predicted octanol–water partition coefficient (Wildman–Crippen LogP) is -2.47. The number of carbonyl (C=O) groups is 2. The number of carbonyl (C=O) groups excluding carboxylic acids is 2. The van der Waals surface area contributed by atoms with E-state index < -0.39 is 24.8 Å². The SMILES string of the molecule is Br.C[N+](C)(C)CCO.O=C([O-])CCC(=O)[O-]. The van der Waals surface area contributed by atoms with E-state index in [1.54, 1.807) is 0 Å². The van der Waals surface area contributed by atoms with Gasteiger partial charge in [-0.3, -0.25) is 0 Å². The third-order valence-electron chi connectivity index (χ3n) is 1.30. The molecule has 0 saturated carbocycles. The standard InChI is InChI=1S/C5H14NO.C4H6O4.BrH/c1-6(2,3)4-5-7;5-3(6)1-2-4(7)8;/h7H,4-5H2,1-3H3;1-2H2,(H,5,6)(H,7,8);1H/q+1;;/p-2. The first-order valence-corrected chi connectivity index (χ1v) is 4.50. The summed E-state index contributed by atoms with van der Waals surface area (Å²) in [5.41, 5.74) is 0. The minimum absolute atomic E-state index is 0. The van der Waals surface area contributed by atoms with Gasteiger partial charge in [-0.2, -0.15) is 0 Å². The molecule has 0 radical (unpaired) electrons. The molecule has 0 aliphatic carbocycles. The van der Waals surface area contributed by atoms with Gasteiger partial charge in [-0.15, -0.1) is 17.0 Å². The summed E-state index contributed by atoms with van der Waals surface area (Å²) < 4.78 is 0.844. The van der Waals surface area contributed by atoms with Crippen molar-refractivity contribution >= 4 is 28.9 Å². The molecule has 0 unspecified atom stereocenters. The van der Waals surface area contributed by atoms with Crippen molar-refractivity contribution in [3.63, 3.8) is 0 Å². The second-order valence-electron chi connectivity index (χ2n) is 3.98. The number of nitrogens with zero attached hydrogens (tertiary/aromatic N) is 1. The Bertz CT molecular complexity index is 189. The number of carboxylic acid groups (broad SMARTS) is 2. The quantitative estimate of drug-likeness (QED) is 0.567. The first kappa shape index (κ1) is 20.7. The van der Waals surface area contributed by atoms with Crippen molar-refractivity contribution in [3.05, 3.63) is 0 Å². The second-order valence-corrected chi connectivity index (χ2v) is 3.98. The summed E-state index contributed by atoms with van der Waals surface area (Å²) in [5.74, 6) is -2.73. The molecule has 6 nitrogen and oxygen atoms in total. The van der Waals surface area contributed by atoms with Crippen LogP contribution in [0, 0.1) is 0 Å². The summed E-state index contributed by atoms with van der Waals surface area (Å²) in [6.07, 6.45) is -0.940. The van der Waals surface area contributed by atoms with Gasteiger partial charge in [-0.25, -0.2) is 0 Å². The minimum atomic E-state index is -1.37. The number of quaternary nitrogens is 1. The molecule has 0 amide bonds. The van der Waals surface area contributed by atoms with Crippen molar-refractivity contribution in [1.29, 1.82) is 0 Å². The van der Waals surface area contributed by atoms with E-state index in [9.17, 15) is 19.8 Å². The molecule has 0 rings (SSSR count). The van der Waals surface area contributed by atoms with Crippen LogP contribution in [-0.4, -0.2) is 55.8 Å². The summed E-state index contributed by atoms with van der Waals surface area (Å²) in [4.78, 5) is 19.0. The number of rotatable bonds is 5. The molecule has 0 saturated heterocycles. The Morgan fingerprint density at radius 3 is 1.44 bits per heavy atom. The van der Waals surface area contributed by atoms with Crippen LogP contribution in [0.25, 0.3) is 0 Å². The van der Waals surface area contributed by atoms with Gasteiger partial charge in [-0.05, 0) is 12.8 Å². The van der Waals surface area contributed by atoms with Crippen LogP contribution in [0.5, 0.6) is 0 Å². The molecule has 98 valence electrons. The number of aliphatic carboxylic acids is 2. The summed E-state index contributed by atoms with van der Waals surface area (Å²) >= 11 is 0. The number of hydrogen-bond donors (Lipinski definition) is 1. The molecule has 16 heavy (non-hydrogen) atoms. The highest BCUT2D eigenvalue weighted by atomic mass is 79.9. The average molecular weight is 301 g/mol. The molecule has 1 N–H and O–H groups in total. The van der Waals surface area contributed by atoms with E-state index >= 15 is 0 Å². The highest BCUT2D eigenvalue weighted by Crippen LogP contribution is 1.84. The fourth-order valence-electron chi connectivity index (χ4n) is 0.504. The number of aliphatic hydroxyl groups excluding tert-OH is 1. The van der Waals surface area contributed by atoms with Crippen molar-refractivity contribution in [2.24, 2.45) is 0 Å². The van der Waals surface area contributed by atoms with Crippen molar-refractivity contribution in [3.8, 4) is 0 Å². The van der Waals surface area contributed by atoms with Gasteiger partial charge >= 0.3 is 0 Å². The monoisotopic (exact) mass is 300 g/mol. The van der Waals surface area contributed by atoms with Crippen LogP contribution in [0.2, 0.25) is 0 Å². The van der Waals surface area contributed by atoms with E-state index in [0.29, 0.717) is 0 Å². The lowest BCUT2D eigenvalue weighted by atomic mass is 10.3. The van der Waals surface area contributed by atoms with Crippen LogP contribution >= 0.6 is 17.0 Å². The Morgan fingerprint density at radius 2 is 1.38 bits per heavy atom. The maximum absolute atomic E-state index is 9.50. The first-order chi connectivity index (χ1) is 6.69.